The van der Waals surface area contributed by atoms with Crippen molar-refractivity contribution in [1.82, 2.24) is 9.97 Å². The van der Waals surface area contributed by atoms with Gasteiger partial charge in [-0.1, -0.05) is 6.07 Å². The SMILES string of the molecule is CNc1nc(Cl)nc2cccc(N)c12. The molecular weight excluding hydrogens is 200 g/mol. The van der Waals surface area contributed by atoms with Crippen molar-refractivity contribution in [2.45, 2.75) is 0 Å². The summed E-state index contributed by atoms with van der Waals surface area (Å²) >= 11 is 5.75. The largest absolute Gasteiger partial charge is 0.398 e. The summed E-state index contributed by atoms with van der Waals surface area (Å²) < 4.78 is 0. The second-order valence-electron chi connectivity index (χ2n) is 2.83. The average molecular weight is 209 g/mol. The third-order valence-electron chi connectivity index (χ3n) is 1.97. The van der Waals surface area contributed by atoms with Crippen molar-refractivity contribution in [3.05, 3.63) is 23.5 Å². The zero-order chi connectivity index (χ0) is 10.1. The van der Waals surface area contributed by atoms with Gasteiger partial charge in [0.15, 0.2) is 0 Å². The lowest BCUT2D eigenvalue weighted by molar-refractivity contribution is 1.21. The fourth-order valence-electron chi connectivity index (χ4n) is 1.36. The number of hydrogen-bond acceptors (Lipinski definition) is 4. The molecule has 2 rings (SSSR count). The number of halogens is 1. The molecule has 0 unspecified atom stereocenters. The molecule has 5 heteroatoms. The van der Waals surface area contributed by atoms with E-state index in [0.717, 1.165) is 10.9 Å². The van der Waals surface area contributed by atoms with E-state index in [1.54, 1.807) is 13.1 Å². The molecule has 0 saturated heterocycles. The first kappa shape index (κ1) is 9.02. The van der Waals surface area contributed by atoms with E-state index in [0.29, 0.717) is 11.5 Å². The molecule has 4 nitrogen and oxygen atoms in total. The lowest BCUT2D eigenvalue weighted by Crippen LogP contribution is -1.98. The Kier molecular flexibility index (Phi) is 2.13. The molecule has 0 aliphatic carbocycles. The van der Waals surface area contributed by atoms with Crippen LogP contribution in [0.3, 0.4) is 0 Å². The standard InChI is InChI=1S/C9H9ClN4/c1-12-8-7-5(11)3-2-4-6(7)13-9(10)14-8/h2-4H,11H2,1H3,(H,12,13,14). The molecule has 0 fully saturated rings. The number of hydrogen-bond donors (Lipinski definition) is 2. The first-order chi connectivity index (χ1) is 6.72. The normalized spacial score (nSPS) is 10.4. The van der Waals surface area contributed by atoms with E-state index in [9.17, 15) is 0 Å². The van der Waals surface area contributed by atoms with Crippen LogP contribution in [-0.4, -0.2) is 17.0 Å². The minimum absolute atomic E-state index is 0.215. The van der Waals surface area contributed by atoms with E-state index in [4.69, 9.17) is 17.3 Å². The van der Waals surface area contributed by atoms with Crippen LogP contribution in [0.25, 0.3) is 10.9 Å². The van der Waals surface area contributed by atoms with E-state index >= 15 is 0 Å². The van der Waals surface area contributed by atoms with Crippen molar-refractivity contribution >= 4 is 34.0 Å². The number of rotatable bonds is 1. The van der Waals surface area contributed by atoms with Crippen molar-refractivity contribution in [1.29, 1.82) is 0 Å². The van der Waals surface area contributed by atoms with Gasteiger partial charge in [0.05, 0.1) is 10.9 Å². The predicted molar refractivity (Wildman–Crippen MR) is 58.5 cm³/mol. The highest BCUT2D eigenvalue weighted by molar-refractivity contribution is 6.29. The third kappa shape index (κ3) is 1.33. The first-order valence-electron chi connectivity index (χ1n) is 4.12. The Bertz CT molecular complexity index is 483. The molecule has 0 spiro atoms. The summed E-state index contributed by atoms with van der Waals surface area (Å²) in [6.45, 7) is 0. The molecule has 0 atom stereocenters. The van der Waals surface area contributed by atoms with Crippen molar-refractivity contribution in [3.63, 3.8) is 0 Å². The van der Waals surface area contributed by atoms with E-state index in [1.807, 2.05) is 12.1 Å². The minimum Gasteiger partial charge on any atom is -0.398 e. The summed E-state index contributed by atoms with van der Waals surface area (Å²) in [5, 5.41) is 3.96. The highest BCUT2D eigenvalue weighted by atomic mass is 35.5. The summed E-state index contributed by atoms with van der Waals surface area (Å²) in [7, 11) is 1.77. The number of nitrogens with zero attached hydrogens (tertiary/aromatic N) is 2. The highest BCUT2D eigenvalue weighted by Crippen LogP contribution is 2.26. The highest BCUT2D eigenvalue weighted by Gasteiger charge is 2.07. The van der Waals surface area contributed by atoms with Gasteiger partial charge >= 0.3 is 0 Å². The second kappa shape index (κ2) is 3.31. The number of nitrogen functional groups attached to an aromatic ring is 1. The number of benzene rings is 1. The summed E-state index contributed by atoms with van der Waals surface area (Å²) in [5.41, 5.74) is 7.21. The van der Waals surface area contributed by atoms with Crippen LogP contribution in [0.5, 0.6) is 0 Å². The lowest BCUT2D eigenvalue weighted by atomic mass is 10.2. The Morgan fingerprint density at radius 1 is 1.36 bits per heavy atom. The maximum Gasteiger partial charge on any atom is 0.224 e. The minimum atomic E-state index is 0.215. The molecule has 3 N–H and O–H groups in total. The van der Waals surface area contributed by atoms with Crippen LogP contribution in [0.1, 0.15) is 0 Å². The molecule has 2 aromatic rings. The Morgan fingerprint density at radius 2 is 2.14 bits per heavy atom. The van der Waals surface area contributed by atoms with Crippen LogP contribution in [0.2, 0.25) is 5.28 Å². The maximum atomic E-state index is 5.82. The van der Waals surface area contributed by atoms with Crippen LogP contribution >= 0.6 is 11.6 Å². The van der Waals surface area contributed by atoms with Gasteiger partial charge < -0.3 is 11.1 Å². The average Bonchev–Trinajstić information content (AvgIpc) is 2.16. The van der Waals surface area contributed by atoms with Gasteiger partial charge in [0.25, 0.3) is 0 Å². The fraction of sp³-hybridized carbons (Fsp3) is 0.111. The lowest BCUT2D eigenvalue weighted by Gasteiger charge is -2.06. The van der Waals surface area contributed by atoms with Crippen LogP contribution in [0, 0.1) is 0 Å². The van der Waals surface area contributed by atoms with Gasteiger partial charge in [-0.3, -0.25) is 0 Å². The molecule has 0 radical (unpaired) electrons. The van der Waals surface area contributed by atoms with Crippen LogP contribution in [-0.2, 0) is 0 Å². The maximum absolute atomic E-state index is 5.82. The van der Waals surface area contributed by atoms with Gasteiger partial charge in [0.1, 0.15) is 5.82 Å². The van der Waals surface area contributed by atoms with Crippen LogP contribution in [0.4, 0.5) is 11.5 Å². The van der Waals surface area contributed by atoms with E-state index in [1.165, 1.54) is 0 Å². The molecule has 0 bridgehead atoms. The van der Waals surface area contributed by atoms with Crippen molar-refractivity contribution in [3.8, 4) is 0 Å². The Balaban J connectivity index is 2.88. The molecule has 0 amide bonds. The fourth-order valence-corrected chi connectivity index (χ4v) is 1.54. The van der Waals surface area contributed by atoms with Crippen molar-refractivity contribution in [2.75, 3.05) is 18.1 Å². The van der Waals surface area contributed by atoms with E-state index < -0.39 is 0 Å². The van der Waals surface area contributed by atoms with E-state index in [-0.39, 0.29) is 5.28 Å². The zero-order valence-electron chi connectivity index (χ0n) is 7.58. The van der Waals surface area contributed by atoms with E-state index in [2.05, 4.69) is 15.3 Å². The number of nitrogens with one attached hydrogen (secondary N) is 1. The Labute approximate surface area is 86.1 Å². The van der Waals surface area contributed by atoms with Crippen LogP contribution < -0.4 is 11.1 Å². The molecule has 0 saturated carbocycles. The summed E-state index contributed by atoms with van der Waals surface area (Å²) in [6.07, 6.45) is 0. The number of fused-ring (bicyclic) bond motifs is 1. The molecule has 14 heavy (non-hydrogen) atoms. The van der Waals surface area contributed by atoms with Crippen molar-refractivity contribution < 1.29 is 0 Å². The van der Waals surface area contributed by atoms with Gasteiger partial charge in [-0.05, 0) is 23.7 Å². The topological polar surface area (TPSA) is 63.8 Å². The molecule has 0 aliphatic heterocycles. The summed E-state index contributed by atoms with van der Waals surface area (Å²) in [5.74, 6) is 0.651. The molecule has 1 aromatic heterocycles. The van der Waals surface area contributed by atoms with Crippen molar-refractivity contribution in [2.24, 2.45) is 0 Å². The molecular formula is C9H9ClN4. The number of anilines is 2. The third-order valence-corrected chi connectivity index (χ3v) is 2.13. The smallest absolute Gasteiger partial charge is 0.224 e. The monoisotopic (exact) mass is 208 g/mol. The van der Waals surface area contributed by atoms with Gasteiger partial charge in [-0.25, -0.2) is 9.97 Å². The quantitative estimate of drug-likeness (QED) is 0.555. The zero-order valence-corrected chi connectivity index (χ0v) is 8.34. The van der Waals surface area contributed by atoms with Gasteiger partial charge in [-0.2, -0.15) is 0 Å². The van der Waals surface area contributed by atoms with Crippen LogP contribution in [0.15, 0.2) is 18.2 Å². The van der Waals surface area contributed by atoms with Gasteiger partial charge in [0.2, 0.25) is 5.28 Å². The summed E-state index contributed by atoms with van der Waals surface area (Å²) in [4.78, 5) is 8.12. The Morgan fingerprint density at radius 3 is 2.86 bits per heavy atom. The van der Waals surface area contributed by atoms with Gasteiger partial charge in [0, 0.05) is 12.7 Å². The second-order valence-corrected chi connectivity index (χ2v) is 3.17. The predicted octanol–water partition coefficient (Wildman–Crippen LogP) is 1.91. The number of aromatic nitrogens is 2. The molecule has 1 heterocycles. The molecule has 72 valence electrons. The summed E-state index contributed by atoms with van der Waals surface area (Å²) in [6, 6.07) is 5.49. The number of nitrogens with two attached hydrogens (primary N) is 1. The van der Waals surface area contributed by atoms with Gasteiger partial charge in [-0.15, -0.1) is 0 Å². The molecule has 1 aromatic carbocycles. The Hall–Kier alpha value is -1.55. The first-order valence-corrected chi connectivity index (χ1v) is 4.49. The molecule has 0 aliphatic rings.